The van der Waals surface area contributed by atoms with E-state index in [0.717, 1.165) is 44.2 Å². The van der Waals surface area contributed by atoms with Gasteiger partial charge in [0.2, 0.25) is 0 Å². The van der Waals surface area contributed by atoms with Crippen LogP contribution in [0.1, 0.15) is 0 Å². The molecule has 0 aliphatic heterocycles. The zero-order valence-electron chi connectivity index (χ0n) is 33.4. The van der Waals surface area contributed by atoms with E-state index in [0.29, 0.717) is 17.5 Å². The van der Waals surface area contributed by atoms with E-state index < -0.39 is 0 Å². The molecule has 0 aliphatic carbocycles. The normalized spacial score (nSPS) is 11.9. The molecule has 0 N–H and O–H groups in total. The number of hydrogen-bond donors (Lipinski definition) is 0. The standard InChI is InChI=1S/C57H35N5/c1-3-16-37(17-4-1)55-58-56(38-18-5-2-6-19-38)60-57(59-55)42-31-30-36-23-15-29-50(46(36)33-42)61-49-28-14-12-26-45(49)53-52(61)35-41-22-9-10-24-43(41)54(53)62-48-27-13-11-25-44(48)47-32-39-20-7-8-21-40(39)34-51(47)62/h1-35H. The van der Waals surface area contributed by atoms with E-state index >= 15 is 0 Å². The third-order valence-electron chi connectivity index (χ3n) is 12.5. The van der Waals surface area contributed by atoms with Crippen molar-refractivity contribution in [2.24, 2.45) is 0 Å². The van der Waals surface area contributed by atoms with Crippen LogP contribution in [0.4, 0.5) is 0 Å². The van der Waals surface area contributed by atoms with Crippen molar-refractivity contribution in [3.63, 3.8) is 0 Å². The number of fused-ring (bicyclic) bond motifs is 9. The molecule has 0 spiro atoms. The minimum absolute atomic E-state index is 0.629. The van der Waals surface area contributed by atoms with Gasteiger partial charge in [0.15, 0.2) is 17.5 Å². The highest BCUT2D eigenvalue weighted by Crippen LogP contribution is 2.45. The molecular weight excluding hydrogens is 755 g/mol. The van der Waals surface area contributed by atoms with Gasteiger partial charge in [-0.1, -0.05) is 170 Å². The lowest BCUT2D eigenvalue weighted by atomic mass is 10.0. The first-order valence-corrected chi connectivity index (χ1v) is 21.0. The first-order valence-electron chi connectivity index (χ1n) is 21.0. The van der Waals surface area contributed by atoms with Crippen molar-refractivity contribution < 1.29 is 0 Å². The van der Waals surface area contributed by atoms with Crippen LogP contribution in [0.2, 0.25) is 0 Å². The summed E-state index contributed by atoms with van der Waals surface area (Å²) < 4.78 is 4.99. The number of para-hydroxylation sites is 2. The molecule has 0 atom stereocenters. The fraction of sp³-hybridized carbons (Fsp3) is 0. The second-order valence-electron chi connectivity index (χ2n) is 16.0. The van der Waals surface area contributed by atoms with Crippen molar-refractivity contribution in [3.05, 3.63) is 212 Å². The topological polar surface area (TPSA) is 48.5 Å². The monoisotopic (exact) mass is 789 g/mol. The number of benzene rings is 10. The average Bonchev–Trinajstić information content (AvgIpc) is 3.84. The molecule has 0 aliphatic rings. The highest BCUT2D eigenvalue weighted by Gasteiger charge is 2.23. The van der Waals surface area contributed by atoms with E-state index in [1.54, 1.807) is 0 Å². The zero-order chi connectivity index (χ0) is 40.7. The molecule has 0 saturated carbocycles. The Bertz CT molecular complexity index is 3860. The molecule has 3 aromatic heterocycles. The molecular formula is C57H35N5. The lowest BCUT2D eigenvalue weighted by Crippen LogP contribution is -2.01. The van der Waals surface area contributed by atoms with Gasteiger partial charge in [-0.15, -0.1) is 0 Å². The van der Waals surface area contributed by atoms with Crippen molar-refractivity contribution in [2.45, 2.75) is 0 Å². The van der Waals surface area contributed by atoms with Gasteiger partial charge in [-0.3, -0.25) is 0 Å². The molecule has 13 rings (SSSR count). The van der Waals surface area contributed by atoms with Gasteiger partial charge in [0.05, 0.1) is 33.4 Å². The van der Waals surface area contributed by atoms with Gasteiger partial charge in [-0.2, -0.15) is 0 Å². The van der Waals surface area contributed by atoms with Crippen molar-refractivity contribution in [3.8, 4) is 45.5 Å². The summed E-state index contributed by atoms with van der Waals surface area (Å²) >= 11 is 0. The van der Waals surface area contributed by atoms with Gasteiger partial charge >= 0.3 is 0 Å². The summed E-state index contributed by atoms with van der Waals surface area (Å²) in [6.07, 6.45) is 0. The molecule has 0 saturated heterocycles. The molecule has 3 heterocycles. The second-order valence-corrected chi connectivity index (χ2v) is 16.0. The molecule has 0 unspecified atom stereocenters. The average molecular weight is 790 g/mol. The Kier molecular flexibility index (Phi) is 7.54. The Balaban J connectivity index is 1.11. The third-order valence-corrected chi connectivity index (χ3v) is 12.5. The predicted molar refractivity (Wildman–Crippen MR) is 257 cm³/mol. The Hall–Kier alpha value is -8.41. The van der Waals surface area contributed by atoms with Gasteiger partial charge in [-0.25, -0.2) is 15.0 Å². The summed E-state index contributed by atoms with van der Waals surface area (Å²) in [6, 6.07) is 75.9. The van der Waals surface area contributed by atoms with E-state index in [-0.39, 0.29) is 0 Å². The number of aromatic nitrogens is 5. The van der Waals surface area contributed by atoms with Crippen LogP contribution in [0.5, 0.6) is 0 Å². The first-order chi connectivity index (χ1) is 30.7. The SMILES string of the molecule is c1ccc(-c2nc(-c3ccccc3)nc(-c3ccc4cccc(-n5c6ccccc6c6c(-n7c8ccccc8c8cc9ccccc9cc87)c7ccccc7cc65)c4c3)n2)cc1. The molecule has 288 valence electrons. The molecule has 0 fully saturated rings. The Morgan fingerprint density at radius 1 is 0.274 bits per heavy atom. The molecule has 13 aromatic rings. The molecule has 10 aromatic carbocycles. The largest absolute Gasteiger partial charge is 0.309 e. The fourth-order valence-corrected chi connectivity index (χ4v) is 9.68. The van der Waals surface area contributed by atoms with E-state index in [1.165, 1.54) is 59.8 Å². The maximum Gasteiger partial charge on any atom is 0.164 e. The summed E-state index contributed by atoms with van der Waals surface area (Å²) in [4.78, 5) is 15.2. The van der Waals surface area contributed by atoms with Crippen LogP contribution >= 0.6 is 0 Å². The van der Waals surface area contributed by atoms with Crippen LogP contribution < -0.4 is 0 Å². The number of rotatable bonds is 5. The van der Waals surface area contributed by atoms with E-state index in [4.69, 9.17) is 15.0 Å². The smallest absolute Gasteiger partial charge is 0.164 e. The van der Waals surface area contributed by atoms with Crippen LogP contribution in [0, 0.1) is 0 Å². The summed E-state index contributed by atoms with van der Waals surface area (Å²) in [5.74, 6) is 1.91. The summed E-state index contributed by atoms with van der Waals surface area (Å²) in [6.45, 7) is 0. The summed E-state index contributed by atoms with van der Waals surface area (Å²) in [7, 11) is 0. The molecule has 0 amide bonds. The van der Waals surface area contributed by atoms with Crippen LogP contribution in [-0.4, -0.2) is 24.1 Å². The minimum atomic E-state index is 0.629. The maximum atomic E-state index is 5.11. The fourth-order valence-electron chi connectivity index (χ4n) is 9.68. The van der Waals surface area contributed by atoms with Crippen LogP contribution in [-0.2, 0) is 0 Å². The van der Waals surface area contributed by atoms with Gasteiger partial charge in [0, 0.05) is 49.0 Å². The van der Waals surface area contributed by atoms with Crippen molar-refractivity contribution in [2.75, 3.05) is 0 Å². The van der Waals surface area contributed by atoms with Gasteiger partial charge in [-0.05, 0) is 64.0 Å². The maximum absolute atomic E-state index is 5.11. The number of hydrogen-bond acceptors (Lipinski definition) is 3. The molecule has 62 heavy (non-hydrogen) atoms. The Morgan fingerprint density at radius 2 is 0.806 bits per heavy atom. The van der Waals surface area contributed by atoms with Crippen molar-refractivity contribution >= 4 is 75.9 Å². The van der Waals surface area contributed by atoms with E-state index in [1.807, 2.05) is 60.7 Å². The van der Waals surface area contributed by atoms with E-state index in [9.17, 15) is 0 Å². The third kappa shape index (κ3) is 5.25. The molecule has 5 nitrogen and oxygen atoms in total. The van der Waals surface area contributed by atoms with Crippen molar-refractivity contribution in [1.82, 2.24) is 24.1 Å². The van der Waals surface area contributed by atoms with Gasteiger partial charge < -0.3 is 9.13 Å². The number of nitrogens with zero attached hydrogens (tertiary/aromatic N) is 5. The minimum Gasteiger partial charge on any atom is -0.309 e. The van der Waals surface area contributed by atoms with Crippen molar-refractivity contribution in [1.29, 1.82) is 0 Å². The highest BCUT2D eigenvalue weighted by molar-refractivity contribution is 6.23. The summed E-state index contributed by atoms with van der Waals surface area (Å²) in [5.41, 5.74) is 9.74. The van der Waals surface area contributed by atoms with Crippen LogP contribution in [0.15, 0.2) is 212 Å². The lowest BCUT2D eigenvalue weighted by molar-refractivity contribution is 1.07. The van der Waals surface area contributed by atoms with Gasteiger partial charge in [0.1, 0.15) is 0 Å². The lowest BCUT2D eigenvalue weighted by Gasteiger charge is -2.16. The highest BCUT2D eigenvalue weighted by atomic mass is 15.0. The summed E-state index contributed by atoms with van der Waals surface area (Å²) in [5, 5.41) is 12.0. The second kappa shape index (κ2) is 13.6. The quantitative estimate of drug-likeness (QED) is 0.174. The molecule has 5 heteroatoms. The van der Waals surface area contributed by atoms with Crippen LogP contribution in [0.25, 0.3) is 121 Å². The Labute approximate surface area is 356 Å². The van der Waals surface area contributed by atoms with Gasteiger partial charge in [0.25, 0.3) is 0 Å². The molecule has 0 bridgehead atoms. The first kappa shape index (κ1) is 34.5. The molecule has 0 radical (unpaired) electrons. The van der Waals surface area contributed by atoms with E-state index in [2.05, 4.69) is 161 Å². The zero-order valence-corrected chi connectivity index (χ0v) is 33.4. The van der Waals surface area contributed by atoms with Crippen LogP contribution in [0.3, 0.4) is 0 Å². The predicted octanol–water partition coefficient (Wildman–Crippen LogP) is 14.5. The Morgan fingerprint density at radius 3 is 1.52 bits per heavy atom.